The first kappa shape index (κ1) is 11.0. The lowest BCUT2D eigenvalue weighted by Crippen LogP contribution is -2.09. The highest BCUT2D eigenvalue weighted by molar-refractivity contribution is 9.09. The van der Waals surface area contributed by atoms with Crippen molar-refractivity contribution in [2.45, 2.75) is 12.8 Å². The molecule has 17 heavy (non-hydrogen) atoms. The molecule has 1 heteroatoms. The van der Waals surface area contributed by atoms with Crippen molar-refractivity contribution in [1.82, 2.24) is 0 Å². The monoisotopic (exact) mass is 286 g/mol. The van der Waals surface area contributed by atoms with Gasteiger partial charge in [0.15, 0.2) is 0 Å². The molecule has 0 aromatic heterocycles. The van der Waals surface area contributed by atoms with E-state index < -0.39 is 0 Å². The molecule has 0 saturated heterocycles. The molecule has 0 saturated carbocycles. The Kier molecular flexibility index (Phi) is 2.79. The van der Waals surface area contributed by atoms with Gasteiger partial charge in [-0.25, -0.2) is 0 Å². The van der Waals surface area contributed by atoms with Crippen molar-refractivity contribution in [2.24, 2.45) is 5.92 Å². The fourth-order valence-electron chi connectivity index (χ4n) is 2.90. The van der Waals surface area contributed by atoms with E-state index in [1.165, 1.54) is 22.3 Å². The second-order valence-corrected chi connectivity index (χ2v) is 5.43. The van der Waals surface area contributed by atoms with Gasteiger partial charge in [-0.2, -0.15) is 0 Å². The minimum absolute atomic E-state index is 0.543. The summed E-state index contributed by atoms with van der Waals surface area (Å²) in [5.41, 5.74) is 5.81. The number of hydrogen-bond acceptors (Lipinski definition) is 0. The number of benzene rings is 2. The van der Waals surface area contributed by atoms with E-state index in [1.54, 1.807) is 0 Å². The van der Waals surface area contributed by atoms with Crippen LogP contribution in [0.1, 0.15) is 24.0 Å². The van der Waals surface area contributed by atoms with Crippen LogP contribution in [-0.2, 0) is 0 Å². The first-order chi connectivity index (χ1) is 8.33. The van der Waals surface area contributed by atoms with Crippen molar-refractivity contribution in [3.8, 4) is 11.1 Å². The second kappa shape index (κ2) is 4.30. The van der Waals surface area contributed by atoms with Crippen LogP contribution in [0.15, 0.2) is 48.5 Å². The summed E-state index contributed by atoms with van der Waals surface area (Å²) >= 11 is 3.63. The van der Waals surface area contributed by atoms with Crippen LogP contribution in [0.3, 0.4) is 0 Å². The Hall–Kier alpha value is -1.08. The lowest BCUT2D eigenvalue weighted by molar-refractivity contribution is 0.586. The van der Waals surface area contributed by atoms with Crippen LogP contribution in [0.5, 0.6) is 0 Å². The second-order valence-electron chi connectivity index (χ2n) is 4.78. The number of hydrogen-bond donors (Lipinski definition) is 0. The highest BCUT2D eigenvalue weighted by Gasteiger charge is 2.31. The molecular weight excluding hydrogens is 272 g/mol. The van der Waals surface area contributed by atoms with E-state index in [2.05, 4.69) is 71.4 Å². The molecule has 0 spiro atoms. The van der Waals surface area contributed by atoms with Crippen molar-refractivity contribution in [2.75, 3.05) is 5.33 Å². The fourth-order valence-corrected chi connectivity index (χ4v) is 3.27. The standard InChI is InChI=1S/C16H15Br/c1-11(10-17)16-14-8-4-2-6-12(14)13-7-3-5-9-15(13)16/h2-9,11,16H,10H2,1H3. The summed E-state index contributed by atoms with van der Waals surface area (Å²) in [4.78, 5) is 0. The Labute approximate surface area is 111 Å². The van der Waals surface area contributed by atoms with Gasteiger partial charge in [-0.3, -0.25) is 0 Å². The molecular formula is C16H15Br. The van der Waals surface area contributed by atoms with Gasteiger partial charge in [0.1, 0.15) is 0 Å². The maximum absolute atomic E-state index is 3.63. The molecule has 1 aliphatic rings. The van der Waals surface area contributed by atoms with Crippen molar-refractivity contribution >= 4 is 15.9 Å². The molecule has 0 fully saturated rings. The summed E-state index contributed by atoms with van der Waals surface area (Å²) in [6.07, 6.45) is 0. The van der Waals surface area contributed by atoms with Crippen LogP contribution in [0.25, 0.3) is 11.1 Å². The molecule has 0 aliphatic heterocycles. The Morgan fingerprint density at radius 3 is 1.88 bits per heavy atom. The van der Waals surface area contributed by atoms with Crippen LogP contribution in [-0.4, -0.2) is 5.33 Å². The van der Waals surface area contributed by atoms with Crippen LogP contribution in [0.2, 0.25) is 0 Å². The third-order valence-corrected chi connectivity index (χ3v) is 4.72. The zero-order valence-corrected chi connectivity index (χ0v) is 11.4. The molecule has 0 N–H and O–H groups in total. The first-order valence-corrected chi connectivity index (χ1v) is 7.19. The smallest absolute Gasteiger partial charge is 0.0135 e. The third kappa shape index (κ3) is 1.64. The predicted molar refractivity (Wildman–Crippen MR) is 76.7 cm³/mol. The van der Waals surface area contributed by atoms with E-state index in [1.807, 2.05) is 0 Å². The zero-order chi connectivity index (χ0) is 11.8. The summed E-state index contributed by atoms with van der Waals surface area (Å²) in [5.74, 6) is 1.17. The predicted octanol–water partition coefficient (Wildman–Crippen LogP) is 4.83. The van der Waals surface area contributed by atoms with Crippen LogP contribution in [0.4, 0.5) is 0 Å². The molecule has 3 rings (SSSR count). The van der Waals surface area contributed by atoms with E-state index in [0.717, 1.165) is 5.33 Å². The van der Waals surface area contributed by atoms with Crippen LogP contribution < -0.4 is 0 Å². The Morgan fingerprint density at radius 2 is 1.41 bits per heavy atom. The fraction of sp³-hybridized carbons (Fsp3) is 0.250. The van der Waals surface area contributed by atoms with Crippen LogP contribution >= 0.6 is 15.9 Å². The highest BCUT2D eigenvalue weighted by atomic mass is 79.9. The quantitative estimate of drug-likeness (QED) is 0.694. The van der Waals surface area contributed by atoms with E-state index >= 15 is 0 Å². The lowest BCUT2D eigenvalue weighted by Gasteiger charge is -2.19. The van der Waals surface area contributed by atoms with Gasteiger partial charge in [0.25, 0.3) is 0 Å². The van der Waals surface area contributed by atoms with Crippen molar-refractivity contribution in [1.29, 1.82) is 0 Å². The van der Waals surface area contributed by atoms with E-state index in [4.69, 9.17) is 0 Å². The molecule has 0 nitrogen and oxygen atoms in total. The zero-order valence-electron chi connectivity index (χ0n) is 9.86. The summed E-state index contributed by atoms with van der Waals surface area (Å²) in [6.45, 7) is 2.32. The van der Waals surface area contributed by atoms with Gasteiger partial charge in [-0.1, -0.05) is 71.4 Å². The Balaban J connectivity index is 2.23. The number of alkyl halides is 1. The first-order valence-electron chi connectivity index (χ1n) is 6.07. The maximum Gasteiger partial charge on any atom is 0.0135 e. The van der Waals surface area contributed by atoms with Gasteiger partial charge in [-0.05, 0) is 28.2 Å². The number of rotatable bonds is 2. The molecule has 0 amide bonds. The third-order valence-electron chi connectivity index (χ3n) is 3.69. The topological polar surface area (TPSA) is 0 Å². The average Bonchev–Trinajstić information content (AvgIpc) is 2.72. The minimum Gasteiger partial charge on any atom is -0.0925 e. The molecule has 2 aromatic carbocycles. The Morgan fingerprint density at radius 1 is 0.941 bits per heavy atom. The molecule has 0 heterocycles. The van der Waals surface area contributed by atoms with Crippen molar-refractivity contribution < 1.29 is 0 Å². The van der Waals surface area contributed by atoms with Gasteiger partial charge in [0, 0.05) is 11.2 Å². The normalized spacial score (nSPS) is 15.4. The molecule has 0 radical (unpaired) electrons. The summed E-state index contributed by atoms with van der Waals surface area (Å²) in [7, 11) is 0. The number of halogens is 1. The molecule has 1 atom stereocenters. The molecule has 0 bridgehead atoms. The van der Waals surface area contributed by atoms with E-state index in [-0.39, 0.29) is 0 Å². The van der Waals surface area contributed by atoms with Gasteiger partial charge < -0.3 is 0 Å². The largest absolute Gasteiger partial charge is 0.0925 e. The van der Waals surface area contributed by atoms with Crippen molar-refractivity contribution in [3.63, 3.8) is 0 Å². The van der Waals surface area contributed by atoms with E-state index in [9.17, 15) is 0 Å². The maximum atomic E-state index is 3.63. The lowest BCUT2D eigenvalue weighted by atomic mass is 9.87. The summed E-state index contributed by atoms with van der Waals surface area (Å²) in [5, 5.41) is 1.04. The minimum atomic E-state index is 0.543. The van der Waals surface area contributed by atoms with Crippen LogP contribution in [0, 0.1) is 5.92 Å². The Bertz CT molecular complexity index is 499. The average molecular weight is 287 g/mol. The van der Waals surface area contributed by atoms with Gasteiger partial charge in [-0.15, -0.1) is 0 Å². The highest BCUT2D eigenvalue weighted by Crippen LogP contribution is 2.48. The van der Waals surface area contributed by atoms with Gasteiger partial charge >= 0.3 is 0 Å². The van der Waals surface area contributed by atoms with Crippen molar-refractivity contribution in [3.05, 3.63) is 59.7 Å². The number of fused-ring (bicyclic) bond motifs is 3. The summed E-state index contributed by atoms with van der Waals surface area (Å²) in [6, 6.07) is 17.6. The van der Waals surface area contributed by atoms with Gasteiger partial charge in [0.05, 0.1) is 0 Å². The summed E-state index contributed by atoms with van der Waals surface area (Å²) < 4.78 is 0. The SMILES string of the molecule is CC(CBr)C1c2ccccc2-c2ccccc21. The molecule has 1 aliphatic carbocycles. The molecule has 2 aromatic rings. The van der Waals surface area contributed by atoms with E-state index in [0.29, 0.717) is 11.8 Å². The molecule has 86 valence electrons. The molecule has 1 unspecified atom stereocenters. The van der Waals surface area contributed by atoms with Gasteiger partial charge in [0.2, 0.25) is 0 Å².